The van der Waals surface area contributed by atoms with E-state index in [0.29, 0.717) is 3.57 Å². The highest BCUT2D eigenvalue weighted by atomic mass is 127. The number of benzene rings is 1. The standard InChI is InChI=1S/C6H4ClIN2O2/c7-5-3(8)1-2-4(9)6(5)10(11)12/h1-2H,9H2. The molecule has 6 heteroatoms. The number of hydrogen-bond acceptors (Lipinski definition) is 3. The summed E-state index contributed by atoms with van der Waals surface area (Å²) in [6.07, 6.45) is 0. The van der Waals surface area contributed by atoms with E-state index in [1.165, 1.54) is 6.07 Å². The predicted molar refractivity (Wildman–Crippen MR) is 55.2 cm³/mol. The molecule has 64 valence electrons. The van der Waals surface area contributed by atoms with Gasteiger partial charge in [0.2, 0.25) is 0 Å². The summed E-state index contributed by atoms with van der Waals surface area (Å²) in [5.41, 5.74) is 5.23. The number of hydrogen-bond donors (Lipinski definition) is 1. The quantitative estimate of drug-likeness (QED) is 0.375. The van der Waals surface area contributed by atoms with Gasteiger partial charge in [0.05, 0.1) is 4.92 Å². The SMILES string of the molecule is Nc1ccc(I)c(Cl)c1[N+](=O)[O-]. The zero-order valence-corrected chi connectivity index (χ0v) is 8.67. The van der Waals surface area contributed by atoms with Gasteiger partial charge in [-0.15, -0.1) is 0 Å². The smallest absolute Gasteiger partial charge is 0.311 e. The molecule has 2 N–H and O–H groups in total. The molecule has 4 nitrogen and oxygen atoms in total. The maximum Gasteiger partial charge on any atom is 0.311 e. The Morgan fingerprint density at radius 3 is 2.58 bits per heavy atom. The molecule has 0 amide bonds. The van der Waals surface area contributed by atoms with Crippen molar-refractivity contribution in [2.24, 2.45) is 0 Å². The lowest BCUT2D eigenvalue weighted by Crippen LogP contribution is -1.97. The highest BCUT2D eigenvalue weighted by Crippen LogP contribution is 2.33. The zero-order valence-electron chi connectivity index (χ0n) is 5.75. The first-order valence-corrected chi connectivity index (χ1v) is 4.37. The number of nitro groups is 1. The van der Waals surface area contributed by atoms with Gasteiger partial charge in [-0.2, -0.15) is 0 Å². The fraction of sp³-hybridized carbons (Fsp3) is 0. The van der Waals surface area contributed by atoms with Gasteiger partial charge in [-0.05, 0) is 34.7 Å². The highest BCUT2D eigenvalue weighted by Gasteiger charge is 2.18. The molecule has 12 heavy (non-hydrogen) atoms. The topological polar surface area (TPSA) is 69.2 Å². The van der Waals surface area contributed by atoms with Gasteiger partial charge in [0.1, 0.15) is 10.7 Å². The molecular weight excluding hydrogens is 294 g/mol. The molecule has 0 unspecified atom stereocenters. The normalized spacial score (nSPS) is 9.83. The van der Waals surface area contributed by atoms with E-state index in [0.717, 1.165) is 0 Å². The number of anilines is 1. The van der Waals surface area contributed by atoms with Crippen LogP contribution in [0.5, 0.6) is 0 Å². The van der Waals surface area contributed by atoms with Crippen molar-refractivity contribution in [2.75, 3.05) is 5.73 Å². The summed E-state index contributed by atoms with van der Waals surface area (Å²) < 4.78 is 0.621. The van der Waals surface area contributed by atoms with Gasteiger partial charge < -0.3 is 5.73 Å². The molecule has 0 saturated heterocycles. The third-order valence-electron chi connectivity index (χ3n) is 1.28. The van der Waals surface area contributed by atoms with Gasteiger partial charge in [0.15, 0.2) is 0 Å². The van der Waals surface area contributed by atoms with E-state index in [1.807, 2.05) is 22.6 Å². The summed E-state index contributed by atoms with van der Waals surface area (Å²) in [6.45, 7) is 0. The van der Waals surface area contributed by atoms with Gasteiger partial charge >= 0.3 is 5.69 Å². The van der Waals surface area contributed by atoms with Crippen LogP contribution in [-0.2, 0) is 0 Å². The molecule has 0 spiro atoms. The Hall–Kier alpha value is -0.560. The Morgan fingerprint density at radius 2 is 2.17 bits per heavy atom. The summed E-state index contributed by atoms with van der Waals surface area (Å²) in [6, 6.07) is 3.09. The maximum absolute atomic E-state index is 10.4. The van der Waals surface area contributed by atoms with E-state index in [-0.39, 0.29) is 16.4 Å². The third kappa shape index (κ3) is 1.61. The molecule has 0 aliphatic carbocycles. The monoisotopic (exact) mass is 298 g/mol. The zero-order chi connectivity index (χ0) is 9.30. The second-order valence-corrected chi connectivity index (χ2v) is 3.60. The summed E-state index contributed by atoms with van der Waals surface area (Å²) in [7, 11) is 0. The molecule has 1 aromatic carbocycles. The first-order chi connectivity index (χ1) is 5.54. The summed E-state index contributed by atoms with van der Waals surface area (Å²) in [5.74, 6) is 0. The van der Waals surface area contributed by atoms with Crippen molar-refractivity contribution in [3.63, 3.8) is 0 Å². The minimum absolute atomic E-state index is 0.0883. The minimum atomic E-state index is -0.584. The average Bonchev–Trinajstić information content (AvgIpc) is 1.97. The van der Waals surface area contributed by atoms with Gasteiger partial charge in [-0.3, -0.25) is 10.1 Å². The maximum atomic E-state index is 10.4. The second-order valence-electron chi connectivity index (χ2n) is 2.06. The molecule has 0 aliphatic rings. The van der Waals surface area contributed by atoms with Crippen molar-refractivity contribution < 1.29 is 4.92 Å². The first-order valence-electron chi connectivity index (χ1n) is 2.92. The molecule has 0 fully saturated rings. The van der Waals surface area contributed by atoms with Crippen molar-refractivity contribution in [1.29, 1.82) is 0 Å². The van der Waals surface area contributed by atoms with Gasteiger partial charge in [0, 0.05) is 3.57 Å². The average molecular weight is 298 g/mol. The van der Waals surface area contributed by atoms with E-state index >= 15 is 0 Å². The van der Waals surface area contributed by atoms with Crippen LogP contribution in [0.2, 0.25) is 5.02 Å². The van der Waals surface area contributed by atoms with Crippen LogP contribution in [0.15, 0.2) is 12.1 Å². The Morgan fingerprint density at radius 1 is 1.58 bits per heavy atom. The third-order valence-corrected chi connectivity index (χ3v) is 2.88. The molecular formula is C6H4ClIN2O2. The number of nitrogens with zero attached hydrogens (tertiary/aromatic N) is 1. The molecule has 1 rings (SSSR count). The van der Waals surface area contributed by atoms with Crippen molar-refractivity contribution in [3.8, 4) is 0 Å². The number of nitro benzene ring substituents is 1. The molecule has 0 aliphatic heterocycles. The van der Waals surface area contributed by atoms with Gasteiger partial charge in [-0.25, -0.2) is 0 Å². The summed E-state index contributed by atoms with van der Waals surface area (Å²) in [4.78, 5) is 9.85. The highest BCUT2D eigenvalue weighted by molar-refractivity contribution is 14.1. The Bertz CT molecular complexity index is 343. The van der Waals surface area contributed by atoms with E-state index < -0.39 is 4.92 Å². The largest absolute Gasteiger partial charge is 0.393 e. The number of rotatable bonds is 1. The summed E-state index contributed by atoms with van der Waals surface area (Å²) >= 11 is 7.57. The van der Waals surface area contributed by atoms with Crippen LogP contribution in [0.25, 0.3) is 0 Å². The van der Waals surface area contributed by atoms with E-state index in [4.69, 9.17) is 17.3 Å². The number of nitrogens with two attached hydrogens (primary N) is 1. The van der Waals surface area contributed by atoms with Crippen LogP contribution < -0.4 is 5.73 Å². The molecule has 0 atom stereocenters. The van der Waals surface area contributed by atoms with Gasteiger partial charge in [-0.1, -0.05) is 11.6 Å². The lowest BCUT2D eigenvalue weighted by molar-refractivity contribution is -0.383. The lowest BCUT2D eigenvalue weighted by Gasteiger charge is -2.00. The molecule has 0 saturated carbocycles. The van der Waals surface area contributed by atoms with Crippen LogP contribution in [0, 0.1) is 13.7 Å². The first kappa shape index (κ1) is 9.53. The van der Waals surface area contributed by atoms with Crippen LogP contribution in [0.3, 0.4) is 0 Å². The van der Waals surface area contributed by atoms with Crippen molar-refractivity contribution in [1.82, 2.24) is 0 Å². The van der Waals surface area contributed by atoms with Crippen LogP contribution in [-0.4, -0.2) is 4.92 Å². The van der Waals surface area contributed by atoms with E-state index in [9.17, 15) is 10.1 Å². The fourth-order valence-electron chi connectivity index (χ4n) is 0.740. The second kappa shape index (κ2) is 3.44. The van der Waals surface area contributed by atoms with Crippen LogP contribution in [0.1, 0.15) is 0 Å². The molecule has 0 bridgehead atoms. The van der Waals surface area contributed by atoms with Crippen molar-refractivity contribution in [2.45, 2.75) is 0 Å². The van der Waals surface area contributed by atoms with Crippen molar-refractivity contribution >= 4 is 45.6 Å². The van der Waals surface area contributed by atoms with E-state index in [2.05, 4.69) is 0 Å². The molecule has 0 aromatic heterocycles. The van der Waals surface area contributed by atoms with E-state index in [1.54, 1.807) is 6.07 Å². The predicted octanol–water partition coefficient (Wildman–Crippen LogP) is 2.44. The molecule has 0 radical (unpaired) electrons. The Labute approximate surface area is 87.0 Å². The van der Waals surface area contributed by atoms with Crippen molar-refractivity contribution in [3.05, 3.63) is 30.8 Å². The molecule has 1 aromatic rings. The Balaban J connectivity index is 3.43. The number of nitrogen functional groups attached to an aromatic ring is 1. The summed E-state index contributed by atoms with van der Waals surface area (Å²) in [5, 5.41) is 10.5. The minimum Gasteiger partial charge on any atom is -0.393 e. The number of halogens is 2. The van der Waals surface area contributed by atoms with Gasteiger partial charge in [0.25, 0.3) is 0 Å². The van der Waals surface area contributed by atoms with Crippen LogP contribution >= 0.6 is 34.2 Å². The molecule has 0 heterocycles. The fourth-order valence-corrected chi connectivity index (χ4v) is 1.42. The Kier molecular flexibility index (Phi) is 2.73. The van der Waals surface area contributed by atoms with Crippen LogP contribution in [0.4, 0.5) is 11.4 Å². The lowest BCUT2D eigenvalue weighted by atomic mass is 10.3.